The molecule has 4 aromatic rings. The first-order valence-electron chi connectivity index (χ1n) is 8.30. The highest BCUT2D eigenvalue weighted by molar-refractivity contribution is 7.19. The van der Waals surface area contributed by atoms with E-state index in [9.17, 15) is 0 Å². The van der Waals surface area contributed by atoms with E-state index in [2.05, 4.69) is 15.0 Å². The smallest absolute Gasteiger partial charge is 0.144 e. The number of benzene rings is 1. The SMILES string of the molecule is Cc1nc(-c2cnccn2)sc1-c1csc(C(N)Cc2ccc(Cl)cc2)n1. The minimum Gasteiger partial charge on any atom is -0.322 e. The number of thiazole rings is 2. The van der Waals surface area contributed by atoms with Crippen molar-refractivity contribution in [2.75, 3.05) is 0 Å². The lowest BCUT2D eigenvalue weighted by atomic mass is 10.1. The Bertz CT molecular complexity index is 1040. The molecule has 0 saturated carbocycles. The lowest BCUT2D eigenvalue weighted by Crippen LogP contribution is -2.13. The van der Waals surface area contributed by atoms with Gasteiger partial charge in [-0.1, -0.05) is 23.7 Å². The monoisotopic (exact) mass is 413 g/mol. The third-order valence-electron chi connectivity index (χ3n) is 4.02. The average molecular weight is 414 g/mol. The maximum absolute atomic E-state index is 6.38. The fourth-order valence-corrected chi connectivity index (χ4v) is 4.68. The van der Waals surface area contributed by atoms with E-state index in [0.717, 1.165) is 49.0 Å². The Labute approximate surface area is 169 Å². The molecular weight excluding hydrogens is 398 g/mol. The Morgan fingerprint density at radius 3 is 2.67 bits per heavy atom. The number of aromatic nitrogens is 4. The summed E-state index contributed by atoms with van der Waals surface area (Å²) in [6.45, 7) is 1.98. The molecule has 1 atom stereocenters. The predicted octanol–water partition coefficient (Wildman–Crippen LogP) is 4.93. The lowest BCUT2D eigenvalue weighted by Gasteiger charge is -2.08. The van der Waals surface area contributed by atoms with Gasteiger partial charge in [0, 0.05) is 22.8 Å². The van der Waals surface area contributed by atoms with E-state index in [-0.39, 0.29) is 6.04 Å². The minimum atomic E-state index is -0.155. The summed E-state index contributed by atoms with van der Waals surface area (Å²) in [6.07, 6.45) is 5.76. The molecule has 0 aliphatic heterocycles. The van der Waals surface area contributed by atoms with Crippen LogP contribution in [0.25, 0.3) is 21.3 Å². The summed E-state index contributed by atoms with van der Waals surface area (Å²) in [4.78, 5) is 18.9. The van der Waals surface area contributed by atoms with Crippen LogP contribution in [0, 0.1) is 6.92 Å². The van der Waals surface area contributed by atoms with Gasteiger partial charge in [0.05, 0.1) is 28.5 Å². The molecule has 136 valence electrons. The first-order chi connectivity index (χ1) is 13.1. The van der Waals surface area contributed by atoms with Crippen LogP contribution in [0.15, 0.2) is 48.2 Å². The second kappa shape index (κ2) is 7.82. The van der Waals surface area contributed by atoms with Gasteiger partial charge >= 0.3 is 0 Å². The van der Waals surface area contributed by atoms with Crippen molar-refractivity contribution in [2.45, 2.75) is 19.4 Å². The Kier molecular flexibility index (Phi) is 5.27. The number of hydrogen-bond donors (Lipinski definition) is 1. The number of hydrogen-bond acceptors (Lipinski definition) is 7. The molecule has 2 N–H and O–H groups in total. The maximum Gasteiger partial charge on any atom is 0.144 e. The fraction of sp³-hybridized carbons (Fsp3) is 0.158. The van der Waals surface area contributed by atoms with Crippen molar-refractivity contribution in [2.24, 2.45) is 5.73 Å². The van der Waals surface area contributed by atoms with E-state index in [1.165, 1.54) is 0 Å². The molecule has 0 saturated heterocycles. The summed E-state index contributed by atoms with van der Waals surface area (Å²) in [5.41, 5.74) is 10.1. The number of aryl methyl sites for hydroxylation is 1. The summed E-state index contributed by atoms with van der Waals surface area (Å²) in [7, 11) is 0. The molecular formula is C19H16ClN5S2. The quantitative estimate of drug-likeness (QED) is 0.502. The largest absolute Gasteiger partial charge is 0.322 e. The topological polar surface area (TPSA) is 77.6 Å². The van der Waals surface area contributed by atoms with Gasteiger partial charge in [-0.15, -0.1) is 22.7 Å². The summed E-state index contributed by atoms with van der Waals surface area (Å²) in [6, 6.07) is 7.60. The number of nitrogens with two attached hydrogens (primary N) is 1. The number of nitrogens with zero attached hydrogens (tertiary/aromatic N) is 4. The van der Waals surface area contributed by atoms with Gasteiger partial charge < -0.3 is 5.73 Å². The molecule has 4 rings (SSSR count). The van der Waals surface area contributed by atoms with Gasteiger partial charge in [0.2, 0.25) is 0 Å². The van der Waals surface area contributed by atoms with Crippen LogP contribution >= 0.6 is 34.3 Å². The molecule has 0 bridgehead atoms. The maximum atomic E-state index is 6.38. The molecule has 1 aromatic carbocycles. The number of halogens is 1. The Morgan fingerprint density at radius 1 is 1.11 bits per heavy atom. The highest BCUT2D eigenvalue weighted by Gasteiger charge is 2.17. The molecule has 0 aliphatic rings. The molecule has 3 heterocycles. The van der Waals surface area contributed by atoms with Gasteiger partial charge in [-0.2, -0.15) is 0 Å². The van der Waals surface area contributed by atoms with E-state index in [1.807, 2.05) is 36.6 Å². The first-order valence-corrected chi connectivity index (χ1v) is 10.4. The van der Waals surface area contributed by atoms with Crippen molar-refractivity contribution in [1.82, 2.24) is 19.9 Å². The third-order valence-corrected chi connectivity index (χ3v) is 6.45. The molecule has 0 amide bonds. The van der Waals surface area contributed by atoms with Gasteiger partial charge in [0.1, 0.15) is 15.7 Å². The molecule has 1 unspecified atom stereocenters. The fourth-order valence-electron chi connectivity index (χ4n) is 2.68. The van der Waals surface area contributed by atoms with Crippen LogP contribution < -0.4 is 5.73 Å². The molecule has 0 aliphatic carbocycles. The van der Waals surface area contributed by atoms with Crippen LogP contribution in [0.1, 0.15) is 22.3 Å². The first kappa shape index (κ1) is 18.2. The van der Waals surface area contributed by atoms with Gasteiger partial charge in [0.25, 0.3) is 0 Å². The predicted molar refractivity (Wildman–Crippen MR) is 111 cm³/mol. The van der Waals surface area contributed by atoms with E-state index in [1.54, 1.807) is 41.3 Å². The van der Waals surface area contributed by atoms with Crippen LogP contribution in [-0.2, 0) is 6.42 Å². The zero-order valence-electron chi connectivity index (χ0n) is 14.5. The highest BCUT2D eigenvalue weighted by Crippen LogP contribution is 2.35. The summed E-state index contributed by atoms with van der Waals surface area (Å²) >= 11 is 9.09. The second-order valence-electron chi connectivity index (χ2n) is 6.03. The molecule has 3 aromatic heterocycles. The van der Waals surface area contributed by atoms with Crippen LogP contribution in [0.4, 0.5) is 0 Å². The average Bonchev–Trinajstić information content (AvgIpc) is 3.31. The third kappa shape index (κ3) is 4.06. The summed E-state index contributed by atoms with van der Waals surface area (Å²) < 4.78 is 0. The van der Waals surface area contributed by atoms with Crippen molar-refractivity contribution < 1.29 is 0 Å². The van der Waals surface area contributed by atoms with Crippen molar-refractivity contribution in [1.29, 1.82) is 0 Å². The van der Waals surface area contributed by atoms with E-state index < -0.39 is 0 Å². The highest BCUT2D eigenvalue weighted by atomic mass is 35.5. The summed E-state index contributed by atoms with van der Waals surface area (Å²) in [5, 5.41) is 4.52. The van der Waals surface area contributed by atoms with Crippen molar-refractivity contribution in [3.05, 3.63) is 69.5 Å². The molecule has 8 heteroatoms. The Morgan fingerprint density at radius 2 is 1.93 bits per heavy atom. The van der Waals surface area contributed by atoms with Gasteiger partial charge in [-0.05, 0) is 31.0 Å². The summed E-state index contributed by atoms with van der Waals surface area (Å²) in [5.74, 6) is 0. The molecule has 5 nitrogen and oxygen atoms in total. The molecule has 27 heavy (non-hydrogen) atoms. The van der Waals surface area contributed by atoms with Gasteiger partial charge in [0.15, 0.2) is 0 Å². The molecule has 0 radical (unpaired) electrons. The van der Waals surface area contributed by atoms with Crippen LogP contribution in [0.3, 0.4) is 0 Å². The van der Waals surface area contributed by atoms with E-state index in [0.29, 0.717) is 0 Å². The zero-order chi connectivity index (χ0) is 18.8. The van der Waals surface area contributed by atoms with Crippen LogP contribution in [-0.4, -0.2) is 19.9 Å². The van der Waals surface area contributed by atoms with Crippen molar-refractivity contribution in [3.8, 4) is 21.3 Å². The van der Waals surface area contributed by atoms with Gasteiger partial charge in [-0.3, -0.25) is 9.97 Å². The number of rotatable bonds is 5. The van der Waals surface area contributed by atoms with E-state index in [4.69, 9.17) is 22.3 Å². The van der Waals surface area contributed by atoms with Crippen molar-refractivity contribution in [3.63, 3.8) is 0 Å². The van der Waals surface area contributed by atoms with Crippen molar-refractivity contribution >= 4 is 34.3 Å². The lowest BCUT2D eigenvalue weighted by molar-refractivity contribution is 0.716. The molecule has 0 fully saturated rings. The Balaban J connectivity index is 1.55. The van der Waals surface area contributed by atoms with Crippen LogP contribution in [0.2, 0.25) is 5.02 Å². The normalized spacial score (nSPS) is 12.3. The minimum absolute atomic E-state index is 0.155. The molecule has 0 spiro atoms. The second-order valence-corrected chi connectivity index (χ2v) is 8.36. The van der Waals surface area contributed by atoms with Crippen LogP contribution in [0.5, 0.6) is 0 Å². The van der Waals surface area contributed by atoms with E-state index >= 15 is 0 Å². The van der Waals surface area contributed by atoms with Gasteiger partial charge in [-0.25, -0.2) is 9.97 Å². The standard InChI is InChI=1S/C19H16ClN5S2/c1-11-17(27-19(24-11)15-9-22-6-7-23-15)16-10-26-18(25-16)14(21)8-12-2-4-13(20)5-3-12/h2-7,9-10,14H,8,21H2,1H3. The zero-order valence-corrected chi connectivity index (χ0v) is 16.9. The Hall–Kier alpha value is -2.19.